The van der Waals surface area contributed by atoms with Crippen molar-refractivity contribution in [3.05, 3.63) is 118 Å². The van der Waals surface area contributed by atoms with E-state index in [1.165, 1.54) is 9.58 Å². The number of imide groups is 1. The summed E-state index contributed by atoms with van der Waals surface area (Å²) in [7, 11) is 0. The summed E-state index contributed by atoms with van der Waals surface area (Å²) < 4.78 is 6.95. The Morgan fingerprint density at radius 1 is 0.737 bits per heavy atom. The van der Waals surface area contributed by atoms with Crippen molar-refractivity contribution in [3.63, 3.8) is 0 Å². The van der Waals surface area contributed by atoms with Gasteiger partial charge in [0.1, 0.15) is 5.70 Å². The molecule has 4 aromatic rings. The largest absolute Gasteiger partial charge is 0.378 e. The molecule has 0 aliphatic carbocycles. The minimum atomic E-state index is -0.478. The summed E-state index contributed by atoms with van der Waals surface area (Å²) >= 11 is 0. The van der Waals surface area contributed by atoms with Gasteiger partial charge in [-0.3, -0.25) is 24.4 Å². The lowest BCUT2D eigenvalue weighted by molar-refractivity contribution is -0.138. The van der Waals surface area contributed by atoms with Gasteiger partial charge in [-0.1, -0.05) is 78.9 Å². The number of morpholine rings is 1. The quantitative estimate of drug-likeness (QED) is 0.405. The number of aromatic nitrogens is 2. The second-order valence-electron chi connectivity index (χ2n) is 9.21. The maximum Gasteiger partial charge on any atom is 0.280 e. The van der Waals surface area contributed by atoms with Crippen LogP contribution in [0.25, 0.3) is 22.5 Å². The smallest absolute Gasteiger partial charge is 0.280 e. The van der Waals surface area contributed by atoms with Crippen LogP contribution in [0.4, 0.5) is 0 Å². The first-order chi connectivity index (χ1) is 18.6. The maximum absolute atomic E-state index is 14.1. The molecule has 0 saturated carbocycles. The fraction of sp³-hybridized carbons (Fsp3) is 0.167. The van der Waals surface area contributed by atoms with Crippen LogP contribution in [-0.4, -0.2) is 57.7 Å². The number of nitrogens with zero attached hydrogens (tertiary/aromatic N) is 3. The summed E-state index contributed by atoms with van der Waals surface area (Å²) in [6.45, 7) is 1.89. The van der Waals surface area contributed by atoms with Crippen molar-refractivity contribution in [2.45, 2.75) is 6.54 Å². The van der Waals surface area contributed by atoms with Gasteiger partial charge in [0.15, 0.2) is 0 Å². The van der Waals surface area contributed by atoms with E-state index in [0.29, 0.717) is 37.7 Å². The van der Waals surface area contributed by atoms with Gasteiger partial charge in [0, 0.05) is 18.7 Å². The highest BCUT2D eigenvalue weighted by molar-refractivity contribution is 6.36. The Bertz CT molecular complexity index is 1570. The van der Waals surface area contributed by atoms with Crippen LogP contribution in [0, 0.1) is 0 Å². The van der Waals surface area contributed by atoms with Crippen molar-refractivity contribution in [1.29, 1.82) is 0 Å². The third kappa shape index (κ3) is 4.14. The fourth-order valence-corrected chi connectivity index (χ4v) is 5.02. The van der Waals surface area contributed by atoms with E-state index >= 15 is 0 Å². The highest BCUT2D eigenvalue weighted by Crippen LogP contribution is 2.36. The number of carbonyl (C=O) groups is 2. The van der Waals surface area contributed by atoms with Crippen LogP contribution in [0.1, 0.15) is 11.1 Å². The number of rotatable bonds is 6. The van der Waals surface area contributed by atoms with E-state index in [1.807, 2.05) is 95.9 Å². The molecule has 1 aromatic heterocycles. The average molecular weight is 507 g/mol. The predicted molar refractivity (Wildman–Crippen MR) is 143 cm³/mol. The standard InChI is InChI=1S/C30H26N4O4/c35-28-25(27(32-16-18-38-19-17-32)30(37)33(28)20-21-10-4-1-5-11-21)24-26(22-12-6-2-7-13-22)31-34(29(24)36)23-14-8-3-9-15-23/h1-15,31H,16-20H2. The summed E-state index contributed by atoms with van der Waals surface area (Å²) in [6.07, 6.45) is 0. The molecule has 1 saturated heterocycles. The highest BCUT2D eigenvalue weighted by Gasteiger charge is 2.44. The van der Waals surface area contributed by atoms with Crippen molar-refractivity contribution >= 4 is 17.4 Å². The Balaban J connectivity index is 1.57. The van der Waals surface area contributed by atoms with Gasteiger partial charge in [-0.2, -0.15) is 0 Å². The zero-order valence-corrected chi connectivity index (χ0v) is 20.7. The minimum absolute atomic E-state index is 0.119. The Labute approximate surface area is 219 Å². The van der Waals surface area contributed by atoms with Crippen molar-refractivity contribution in [1.82, 2.24) is 19.6 Å². The summed E-state index contributed by atoms with van der Waals surface area (Å²) in [6, 6.07) is 28.0. The van der Waals surface area contributed by atoms with E-state index in [4.69, 9.17) is 4.74 Å². The molecular weight excluding hydrogens is 480 g/mol. The van der Waals surface area contributed by atoms with E-state index < -0.39 is 17.4 Å². The Morgan fingerprint density at radius 2 is 1.34 bits per heavy atom. The fourth-order valence-electron chi connectivity index (χ4n) is 5.02. The van der Waals surface area contributed by atoms with Gasteiger partial charge in [0.2, 0.25) is 0 Å². The third-order valence-corrected chi connectivity index (χ3v) is 6.87. The zero-order chi connectivity index (χ0) is 26.1. The van der Waals surface area contributed by atoms with Crippen LogP contribution < -0.4 is 5.56 Å². The number of benzene rings is 3. The van der Waals surface area contributed by atoms with Crippen LogP contribution in [0.5, 0.6) is 0 Å². The summed E-state index contributed by atoms with van der Waals surface area (Å²) in [4.78, 5) is 45.1. The molecule has 8 nitrogen and oxygen atoms in total. The van der Waals surface area contributed by atoms with Gasteiger partial charge in [-0.25, -0.2) is 4.68 Å². The Morgan fingerprint density at radius 3 is 2.00 bits per heavy atom. The lowest BCUT2D eigenvalue weighted by atomic mass is 10.00. The summed E-state index contributed by atoms with van der Waals surface area (Å²) in [5, 5.41) is 3.23. The molecular formula is C30H26N4O4. The van der Waals surface area contributed by atoms with E-state index in [2.05, 4.69) is 5.10 Å². The van der Waals surface area contributed by atoms with Crippen molar-refractivity contribution < 1.29 is 14.3 Å². The second-order valence-corrected chi connectivity index (χ2v) is 9.21. The average Bonchev–Trinajstić information content (AvgIpc) is 3.43. The maximum atomic E-state index is 14.1. The van der Waals surface area contributed by atoms with E-state index in [0.717, 1.165) is 11.1 Å². The summed E-state index contributed by atoms with van der Waals surface area (Å²) in [5.74, 6) is -0.879. The lowest BCUT2D eigenvalue weighted by Crippen LogP contribution is -2.40. The molecule has 1 N–H and O–H groups in total. The first-order valence-electron chi connectivity index (χ1n) is 12.6. The molecule has 3 aromatic carbocycles. The molecule has 2 aliphatic rings. The van der Waals surface area contributed by atoms with E-state index in [9.17, 15) is 14.4 Å². The number of ether oxygens (including phenoxy) is 1. The van der Waals surface area contributed by atoms with Gasteiger partial charge in [0.25, 0.3) is 17.4 Å². The van der Waals surface area contributed by atoms with Crippen LogP contribution >= 0.6 is 0 Å². The van der Waals surface area contributed by atoms with Crippen molar-refractivity contribution in [2.75, 3.05) is 26.3 Å². The topological polar surface area (TPSA) is 87.6 Å². The zero-order valence-electron chi connectivity index (χ0n) is 20.7. The molecule has 190 valence electrons. The second kappa shape index (κ2) is 9.99. The number of hydrogen-bond acceptors (Lipinski definition) is 5. The number of hydrogen-bond donors (Lipinski definition) is 1. The monoisotopic (exact) mass is 506 g/mol. The van der Waals surface area contributed by atoms with Crippen LogP contribution in [0.3, 0.4) is 0 Å². The Kier molecular flexibility index (Phi) is 6.23. The van der Waals surface area contributed by atoms with Gasteiger partial charge in [-0.05, 0) is 17.7 Å². The first-order valence-corrected chi connectivity index (χ1v) is 12.6. The number of H-pyrrole nitrogens is 1. The predicted octanol–water partition coefficient (Wildman–Crippen LogP) is 3.44. The minimum Gasteiger partial charge on any atom is -0.378 e. The van der Waals surface area contributed by atoms with Gasteiger partial charge in [-0.15, -0.1) is 0 Å². The first kappa shape index (κ1) is 23.7. The van der Waals surface area contributed by atoms with Crippen molar-refractivity contribution in [3.8, 4) is 16.9 Å². The van der Waals surface area contributed by atoms with Crippen LogP contribution in [0.15, 0.2) is 101 Å². The van der Waals surface area contributed by atoms with Gasteiger partial charge >= 0.3 is 0 Å². The molecule has 1 fully saturated rings. The van der Waals surface area contributed by atoms with Crippen molar-refractivity contribution in [2.24, 2.45) is 0 Å². The van der Waals surface area contributed by atoms with E-state index in [-0.39, 0.29) is 23.4 Å². The van der Waals surface area contributed by atoms with Crippen LogP contribution in [-0.2, 0) is 20.9 Å². The molecule has 2 amide bonds. The number of carbonyl (C=O) groups excluding carboxylic acids is 2. The third-order valence-electron chi connectivity index (χ3n) is 6.87. The van der Waals surface area contributed by atoms with Gasteiger partial charge in [0.05, 0.1) is 42.3 Å². The molecule has 38 heavy (non-hydrogen) atoms. The molecule has 0 bridgehead atoms. The molecule has 0 unspecified atom stereocenters. The number of aromatic amines is 1. The molecule has 8 heteroatoms. The van der Waals surface area contributed by atoms with Crippen LogP contribution in [0.2, 0.25) is 0 Å². The summed E-state index contributed by atoms with van der Waals surface area (Å²) in [5.41, 5.74) is 2.87. The number of nitrogens with one attached hydrogen (secondary N) is 1. The highest BCUT2D eigenvalue weighted by atomic mass is 16.5. The molecule has 0 spiro atoms. The SMILES string of the molecule is O=C1C(c2c(-c3ccccc3)[nH]n(-c3ccccc3)c2=O)=C(N2CCOCC2)C(=O)N1Cc1ccccc1. The van der Waals surface area contributed by atoms with Gasteiger partial charge < -0.3 is 9.64 Å². The lowest BCUT2D eigenvalue weighted by Gasteiger charge is -2.29. The number of para-hydroxylation sites is 1. The molecule has 6 rings (SSSR count). The molecule has 2 aliphatic heterocycles. The number of amides is 2. The molecule has 0 atom stereocenters. The normalized spacial score (nSPS) is 16.0. The Hall–Kier alpha value is -4.69. The molecule has 3 heterocycles. The van der Waals surface area contributed by atoms with E-state index in [1.54, 1.807) is 0 Å². The molecule has 0 radical (unpaired) electrons.